The van der Waals surface area contributed by atoms with E-state index in [0.29, 0.717) is 18.2 Å². The first-order chi connectivity index (χ1) is 49.1. The fraction of sp³-hybridized carbons (Fsp3) is 0.951. The summed E-state index contributed by atoms with van der Waals surface area (Å²) in [5.74, 6) is -4.50. The number of hydrogen-bond acceptors (Lipinski definition) is 52. The van der Waals surface area contributed by atoms with Crippen molar-refractivity contribution in [3.63, 3.8) is 0 Å². The van der Waals surface area contributed by atoms with E-state index in [9.17, 15) is 88.8 Å². The summed E-state index contributed by atoms with van der Waals surface area (Å²) in [5, 5.41) is 111. The van der Waals surface area contributed by atoms with Crippen LogP contribution in [0.2, 0.25) is 0 Å². The minimum absolute atomic E-state index is 0.0983. The first-order valence-electron chi connectivity index (χ1n) is 29.4. The Balaban J connectivity index is 1.74. The molecular formula is C41H73N3O49S8. The molecule has 0 saturated carbocycles. The second-order valence-electron chi connectivity index (χ2n) is 20.9. The largest absolute Gasteiger partial charge is 0.479 e. The number of nitrogens with one attached hydrogen (secondary N) is 2. The summed E-state index contributed by atoms with van der Waals surface area (Å²) < 4.78 is 286. The number of carboxylic acids is 2. The van der Waals surface area contributed by atoms with E-state index in [0.717, 1.165) is 63.4 Å². The lowest BCUT2D eigenvalue weighted by molar-refractivity contribution is -0.437. The molecule has 5 rings (SSSR count). The Morgan fingerprint density at radius 3 is 1.76 bits per heavy atom. The van der Waals surface area contributed by atoms with Crippen molar-refractivity contribution in [3.8, 4) is 0 Å². The maximum absolute atomic E-state index is 13.8. The number of nitrogens with zero attached hydrogens (tertiary/aromatic N) is 1. The Labute approximate surface area is 599 Å². The van der Waals surface area contributed by atoms with Crippen molar-refractivity contribution < 1.29 is 236 Å². The van der Waals surface area contributed by atoms with Crippen molar-refractivity contribution >= 4 is 104 Å². The topological polar surface area (TPSA) is 674 Å². The highest BCUT2D eigenvalue weighted by Crippen LogP contribution is 2.49. The van der Waals surface area contributed by atoms with Crippen molar-refractivity contribution in [2.75, 3.05) is 55.8 Å². The van der Waals surface area contributed by atoms with Gasteiger partial charge in [-0.1, -0.05) is 25.2 Å². The molecule has 0 radical (unpaired) electrons. The third-order valence-electron chi connectivity index (χ3n) is 15.0. The highest BCUT2D eigenvalue weighted by molar-refractivity contribution is 7.93. The third kappa shape index (κ3) is 23.0. The van der Waals surface area contributed by atoms with Crippen LogP contribution in [0.25, 0.3) is 0 Å². The summed E-state index contributed by atoms with van der Waals surface area (Å²) in [5.41, 5.74) is -12.6. The van der Waals surface area contributed by atoms with Crippen LogP contribution in [0.4, 0.5) is 0 Å². The van der Waals surface area contributed by atoms with Crippen molar-refractivity contribution in [1.29, 1.82) is 0 Å². The van der Waals surface area contributed by atoms with Gasteiger partial charge >= 0.3 is 43.1 Å². The van der Waals surface area contributed by atoms with E-state index in [2.05, 4.69) is 60.5 Å². The number of aliphatic carboxylic acids is 2. The van der Waals surface area contributed by atoms with E-state index in [4.69, 9.17) is 96.3 Å². The van der Waals surface area contributed by atoms with Crippen LogP contribution in [0.3, 0.4) is 0 Å². The predicted octanol–water partition coefficient (Wildman–Crippen LogP) is -2.93. The summed E-state index contributed by atoms with van der Waals surface area (Å²) >= 11 is -1.24. The van der Waals surface area contributed by atoms with E-state index in [-0.39, 0.29) is 36.7 Å². The van der Waals surface area contributed by atoms with Crippen molar-refractivity contribution in [1.82, 2.24) is 13.7 Å². The van der Waals surface area contributed by atoms with Gasteiger partial charge in [-0.25, -0.2) is 62.2 Å². The lowest BCUT2D eigenvalue weighted by Crippen LogP contribution is -2.77. The number of rotatable bonds is 44. The van der Waals surface area contributed by atoms with Crippen LogP contribution in [0.5, 0.6) is 0 Å². The highest BCUT2D eigenvalue weighted by atomic mass is 32.3. The predicted molar refractivity (Wildman–Crippen MR) is 313 cm³/mol. The lowest BCUT2D eigenvalue weighted by Gasteiger charge is -2.58. The normalized spacial score (nSPS) is 41.6. The van der Waals surface area contributed by atoms with Gasteiger partial charge in [0.1, 0.15) is 138 Å². The lowest BCUT2D eigenvalue weighted by atomic mass is 9.80. The van der Waals surface area contributed by atoms with Crippen LogP contribution in [0, 0.1) is 0 Å². The Morgan fingerprint density at radius 1 is 0.634 bits per heavy atom. The zero-order chi connectivity index (χ0) is 80.4. The van der Waals surface area contributed by atoms with Gasteiger partial charge in [-0.2, -0.15) is 25.3 Å². The number of methoxy groups -OCH3 is 5. The van der Waals surface area contributed by atoms with Crippen LogP contribution in [0.1, 0.15) is 41.5 Å². The number of likely N-dealkylation sites (N-methyl/N-ethyl adjacent to an activating group) is 1. The Bertz CT molecular complexity index is 3180. The van der Waals surface area contributed by atoms with Gasteiger partial charge in [0.2, 0.25) is 0 Å². The molecule has 5 saturated heterocycles. The van der Waals surface area contributed by atoms with Crippen LogP contribution < -0.4 is 9.44 Å². The minimum atomic E-state index is -6.01. The van der Waals surface area contributed by atoms with Gasteiger partial charge < -0.3 is 86.7 Å². The molecule has 52 nitrogen and oxygen atoms in total. The van der Waals surface area contributed by atoms with Gasteiger partial charge in [-0.15, -0.1) is 21.7 Å². The van der Waals surface area contributed by atoms with E-state index in [1.165, 1.54) is 0 Å². The van der Waals surface area contributed by atoms with Crippen molar-refractivity contribution in [2.45, 2.75) is 192 Å². The molecule has 101 heavy (non-hydrogen) atoms. The Hall–Kier alpha value is -1.14. The van der Waals surface area contributed by atoms with Crippen LogP contribution in [-0.2, 0) is 175 Å². The summed E-state index contributed by atoms with van der Waals surface area (Å²) in [4.78, 5) is 27.5. The molecule has 0 amide bonds. The summed E-state index contributed by atoms with van der Waals surface area (Å²) in [6, 6.07) is -7.37. The molecule has 5 heterocycles. The molecule has 0 aromatic carbocycles. The van der Waals surface area contributed by atoms with Gasteiger partial charge in [0.15, 0.2) is 74.4 Å². The first kappa shape index (κ1) is 82.4. The fourth-order valence-corrected chi connectivity index (χ4v) is 14.2. The molecule has 5 aliphatic heterocycles. The van der Waals surface area contributed by atoms with Crippen LogP contribution in [-0.4, -0.2) is 315 Å². The standard InChI is InChI=1S/C41H73N3O49S8/c1-14(82-100(59,60)61)25-41(5,80-37-30(67-9)38(2,50)28(22(75-37)31(46)47)77-36-23(44(6)96-91-86-53)39(3,69-11)26(66-8)16(73-36)12-70-97-92-87-54)27(81-98-93-88-55)18(43-95-90-85-52)34(76-25)79-40(4)24(45)21(83-101(62,63)64)35(78-29(40)32(48)49)74-19-15(13-71-99(56,57)58)72-33(68-10)17(20(19)65-7)42-94-89-84-51/h14-30,33-37,42-43,45,50-55H,12-13H2,1-11H3,(H,46,47)(H,48,49)(H,56,57,58)(H,59,60,61)(H,62,63,64)/t14?,15-,16-,17?,18?,19+,20?,21?,22+,23?,24-,25?,26+,27+,28+,29?,30?,33-,34+,35+,36+,37-,38?,39?,40-,41+/m0/s1/i12D2,23D,26D,36D. The molecule has 26 atom stereocenters. The molecule has 0 aliphatic carbocycles. The quantitative estimate of drug-likeness (QED) is 0.00725. The van der Waals surface area contributed by atoms with Crippen LogP contribution in [0.15, 0.2) is 0 Å². The second kappa shape index (κ2) is 40.0. The molecule has 0 spiro atoms. The molecule has 14 N–H and O–H groups in total. The number of aliphatic hydroxyl groups excluding tert-OH is 1. The number of carboxylic acid groups (broad SMARTS) is 2. The summed E-state index contributed by atoms with van der Waals surface area (Å²) in [6.07, 6.45) is -50.2. The Kier molecular flexibility index (Phi) is 32.6. The molecule has 0 aromatic rings. The zero-order valence-corrected chi connectivity index (χ0v) is 59.4. The third-order valence-corrected chi connectivity index (χ3v) is 18.7. The maximum Gasteiger partial charge on any atom is 0.397 e. The average molecular weight is 1650 g/mol. The number of carbonyl (C=O) groups is 2. The first-order valence-corrected chi connectivity index (χ1v) is 34.5. The van der Waals surface area contributed by atoms with E-state index >= 15 is 0 Å². The fourth-order valence-electron chi connectivity index (χ4n) is 11.0. The molecule has 5 aliphatic rings. The van der Waals surface area contributed by atoms with E-state index in [1.54, 1.807) is 0 Å². The SMILES string of the molecule is [2H]C([2H])(OSOOO)[C@@H]1O[C@]([2H])(O[C@@H]2[C@H](C(=O)O)O[C@@H](O[C@]3(C)C(C(C)OS(=O)(=O)O)O[C@H](O[C@]4(C)C(C(=O)O)O[C@@H](O[C@H]5C(OC)C(NSOOO)[C@@H](OC)O[C@H]5COS(=O)(=O)O)C(OS(=O)(=O)O)[C@@H]4O)C(NSOOO)[C@H]3OSOOO)C(OC)C2(C)O)C([2H])(N(C)SOOO)C(C)(OC)[C@]1([2H])OC. The number of hydrogen-bond donors (Lipinski definition) is 14. The average Bonchev–Trinajstić information content (AvgIpc) is 0.672. The van der Waals surface area contributed by atoms with Gasteiger partial charge in [0.25, 0.3) is 0 Å². The Morgan fingerprint density at radius 2 is 1.24 bits per heavy atom. The summed E-state index contributed by atoms with van der Waals surface area (Å²) in [6.45, 7) is -1.25. The van der Waals surface area contributed by atoms with Gasteiger partial charge in [0.05, 0.1) is 26.1 Å². The van der Waals surface area contributed by atoms with Gasteiger partial charge in [-0.05, 0) is 34.6 Å². The maximum atomic E-state index is 13.8. The van der Waals surface area contributed by atoms with Crippen molar-refractivity contribution in [3.05, 3.63) is 0 Å². The molecule has 0 bridgehead atoms. The van der Waals surface area contributed by atoms with Crippen LogP contribution >= 0.6 is 61.3 Å². The molecule has 0 aromatic heterocycles. The minimum Gasteiger partial charge on any atom is -0.479 e. The number of aliphatic hydroxyl groups is 2. The molecule has 594 valence electrons. The monoisotopic (exact) mass is 1650 g/mol. The number of ether oxygens (including phenoxy) is 14. The zero-order valence-electron chi connectivity index (χ0n) is 57.9. The highest BCUT2D eigenvalue weighted by Gasteiger charge is 2.69. The smallest absolute Gasteiger partial charge is 0.397 e. The van der Waals surface area contributed by atoms with Gasteiger partial charge in [0, 0.05) is 42.6 Å². The van der Waals surface area contributed by atoms with Gasteiger partial charge in [-0.3, -0.25) is 22.0 Å². The molecular weight excluding hydrogens is 1570 g/mol. The van der Waals surface area contributed by atoms with E-state index in [1.807, 2.05) is 0 Å². The second-order valence-corrected chi connectivity index (χ2v) is 26.9. The molecule has 60 heteroatoms. The van der Waals surface area contributed by atoms with E-state index < -0.39 is 238 Å². The van der Waals surface area contributed by atoms with Crippen molar-refractivity contribution in [2.24, 2.45) is 0 Å². The molecule has 11 unspecified atom stereocenters. The summed E-state index contributed by atoms with van der Waals surface area (Å²) in [7, 11) is -12.1. The molecule has 5 fully saturated rings.